The number of rotatable bonds is 6. The Morgan fingerprint density at radius 2 is 1.79 bits per heavy atom. The van der Waals surface area contributed by atoms with Gasteiger partial charge in [-0.15, -0.1) is 0 Å². The molecule has 2 aromatic carbocycles. The number of sulfonamides is 1. The van der Waals surface area contributed by atoms with Crippen molar-refractivity contribution in [1.29, 1.82) is 0 Å². The van der Waals surface area contributed by atoms with E-state index < -0.39 is 27.3 Å². The van der Waals surface area contributed by atoms with Crippen LogP contribution in [0.25, 0.3) is 5.69 Å². The summed E-state index contributed by atoms with van der Waals surface area (Å²) in [5, 5.41) is 6.87. The van der Waals surface area contributed by atoms with Crippen molar-refractivity contribution in [2.75, 3.05) is 12.4 Å². The van der Waals surface area contributed by atoms with Crippen LogP contribution in [0.1, 0.15) is 42.5 Å². The van der Waals surface area contributed by atoms with Gasteiger partial charge in [0.1, 0.15) is 16.3 Å². The summed E-state index contributed by atoms with van der Waals surface area (Å²) in [6, 6.07) is 10.1. The van der Waals surface area contributed by atoms with Crippen LogP contribution in [0.5, 0.6) is 5.75 Å². The van der Waals surface area contributed by atoms with Crippen molar-refractivity contribution in [1.82, 2.24) is 14.5 Å². The maximum atomic E-state index is 14.7. The first-order valence-electron chi connectivity index (χ1n) is 10.2. The standard InChI is InChI=1S/C23H27FN4O4S/c1-14-11-15(2)28(26-14)19-9-8-17(13-18(19)24)25-22(29)16-7-10-20(32-6)21(12-16)33(30,31)27-23(3,4)5/h7-13,27H,1-6H3,(H,25,29). The zero-order valence-corrected chi connectivity index (χ0v) is 20.2. The fraction of sp³-hybridized carbons (Fsp3) is 0.304. The number of aromatic nitrogens is 2. The van der Waals surface area contributed by atoms with E-state index in [9.17, 15) is 17.6 Å². The van der Waals surface area contributed by atoms with Crippen molar-refractivity contribution < 1.29 is 22.3 Å². The van der Waals surface area contributed by atoms with Gasteiger partial charge in [0.25, 0.3) is 5.91 Å². The number of amides is 1. The molecule has 0 unspecified atom stereocenters. The molecule has 2 N–H and O–H groups in total. The highest BCUT2D eigenvalue weighted by Gasteiger charge is 2.26. The zero-order valence-electron chi connectivity index (χ0n) is 19.4. The Bertz CT molecular complexity index is 1310. The van der Waals surface area contributed by atoms with Crippen LogP contribution >= 0.6 is 0 Å². The van der Waals surface area contributed by atoms with Gasteiger partial charge in [-0.05, 0) is 77.1 Å². The van der Waals surface area contributed by atoms with Crippen LogP contribution in [0.2, 0.25) is 0 Å². The summed E-state index contributed by atoms with van der Waals surface area (Å²) in [6.45, 7) is 8.75. The lowest BCUT2D eigenvalue weighted by Crippen LogP contribution is -2.40. The molecule has 0 aliphatic heterocycles. The van der Waals surface area contributed by atoms with Crippen molar-refractivity contribution in [3.63, 3.8) is 0 Å². The van der Waals surface area contributed by atoms with Crippen LogP contribution in [0, 0.1) is 19.7 Å². The molecule has 33 heavy (non-hydrogen) atoms. The maximum absolute atomic E-state index is 14.7. The van der Waals surface area contributed by atoms with E-state index in [1.165, 1.54) is 42.1 Å². The summed E-state index contributed by atoms with van der Waals surface area (Å²) in [7, 11) is -2.61. The summed E-state index contributed by atoms with van der Waals surface area (Å²) >= 11 is 0. The smallest absolute Gasteiger partial charge is 0.255 e. The number of halogens is 1. The summed E-state index contributed by atoms with van der Waals surface area (Å²) in [5.41, 5.74) is 1.36. The van der Waals surface area contributed by atoms with Crippen LogP contribution in [0.4, 0.5) is 10.1 Å². The number of aryl methyl sites for hydroxylation is 2. The first-order chi connectivity index (χ1) is 15.3. The number of anilines is 1. The molecule has 0 spiro atoms. The second kappa shape index (κ2) is 8.95. The molecular formula is C23H27FN4O4S. The third kappa shape index (κ3) is 5.58. The van der Waals surface area contributed by atoms with E-state index in [1.54, 1.807) is 26.8 Å². The Kier molecular flexibility index (Phi) is 6.62. The van der Waals surface area contributed by atoms with E-state index in [0.717, 1.165) is 11.4 Å². The largest absolute Gasteiger partial charge is 0.495 e. The van der Waals surface area contributed by atoms with Gasteiger partial charge in [0, 0.05) is 22.5 Å². The van der Waals surface area contributed by atoms with Crippen LogP contribution in [-0.4, -0.2) is 36.8 Å². The second-order valence-corrected chi connectivity index (χ2v) is 10.3. The molecule has 0 aliphatic carbocycles. The van der Waals surface area contributed by atoms with Crippen molar-refractivity contribution in [2.24, 2.45) is 0 Å². The molecule has 0 radical (unpaired) electrons. The lowest BCUT2D eigenvalue weighted by Gasteiger charge is -2.21. The predicted molar refractivity (Wildman–Crippen MR) is 124 cm³/mol. The Hall–Kier alpha value is -3.24. The van der Waals surface area contributed by atoms with E-state index in [4.69, 9.17) is 4.74 Å². The molecule has 0 aliphatic rings. The van der Waals surface area contributed by atoms with E-state index >= 15 is 0 Å². The summed E-state index contributed by atoms with van der Waals surface area (Å²) in [4.78, 5) is 12.6. The average Bonchev–Trinajstić information content (AvgIpc) is 3.03. The highest BCUT2D eigenvalue weighted by molar-refractivity contribution is 7.89. The summed E-state index contributed by atoms with van der Waals surface area (Å²) < 4.78 is 49.6. The quantitative estimate of drug-likeness (QED) is 0.563. The molecule has 1 amide bonds. The third-order valence-corrected chi connectivity index (χ3v) is 6.38. The molecule has 1 heterocycles. The number of nitrogens with one attached hydrogen (secondary N) is 2. The van der Waals surface area contributed by atoms with Gasteiger partial charge < -0.3 is 10.1 Å². The van der Waals surface area contributed by atoms with Crippen LogP contribution < -0.4 is 14.8 Å². The fourth-order valence-corrected chi connectivity index (χ4v) is 4.93. The first kappa shape index (κ1) is 24.4. The number of carbonyl (C=O) groups excluding carboxylic acids is 1. The minimum Gasteiger partial charge on any atom is -0.495 e. The van der Waals surface area contributed by atoms with E-state index in [-0.39, 0.29) is 27.6 Å². The number of hydrogen-bond acceptors (Lipinski definition) is 5. The van der Waals surface area contributed by atoms with Crippen LogP contribution in [0.3, 0.4) is 0 Å². The second-order valence-electron chi connectivity index (χ2n) is 8.68. The Morgan fingerprint density at radius 3 is 2.33 bits per heavy atom. The van der Waals surface area contributed by atoms with Gasteiger partial charge in [0.2, 0.25) is 10.0 Å². The van der Waals surface area contributed by atoms with E-state index in [0.29, 0.717) is 0 Å². The van der Waals surface area contributed by atoms with Gasteiger partial charge in [0.05, 0.1) is 12.8 Å². The van der Waals surface area contributed by atoms with E-state index in [1.807, 2.05) is 19.9 Å². The monoisotopic (exact) mass is 474 g/mol. The zero-order chi connectivity index (χ0) is 24.6. The summed E-state index contributed by atoms with van der Waals surface area (Å²) in [6.07, 6.45) is 0. The van der Waals surface area contributed by atoms with Crippen LogP contribution in [-0.2, 0) is 10.0 Å². The molecule has 0 bridgehead atoms. The van der Waals surface area contributed by atoms with Gasteiger partial charge >= 0.3 is 0 Å². The molecule has 1 aromatic heterocycles. The summed E-state index contributed by atoms with van der Waals surface area (Å²) in [5.74, 6) is -1.06. The number of carbonyl (C=O) groups is 1. The molecule has 3 aromatic rings. The molecule has 0 saturated carbocycles. The van der Waals surface area contributed by atoms with Gasteiger partial charge in [-0.25, -0.2) is 22.2 Å². The highest BCUT2D eigenvalue weighted by atomic mass is 32.2. The predicted octanol–water partition coefficient (Wildman–Crippen LogP) is 3.97. The molecular weight excluding hydrogens is 447 g/mol. The molecule has 0 atom stereocenters. The van der Waals surface area contributed by atoms with Crippen molar-refractivity contribution in [2.45, 2.75) is 45.1 Å². The topological polar surface area (TPSA) is 102 Å². The first-order valence-corrected chi connectivity index (χ1v) is 11.7. The Balaban J connectivity index is 1.89. The fourth-order valence-electron chi connectivity index (χ4n) is 3.32. The van der Waals surface area contributed by atoms with Crippen molar-refractivity contribution in [3.8, 4) is 11.4 Å². The number of nitrogens with zero attached hydrogens (tertiary/aromatic N) is 2. The van der Waals surface area contributed by atoms with E-state index in [2.05, 4.69) is 15.1 Å². The third-order valence-electron chi connectivity index (χ3n) is 4.60. The highest BCUT2D eigenvalue weighted by Crippen LogP contribution is 2.27. The number of benzene rings is 2. The molecule has 0 saturated heterocycles. The van der Waals surface area contributed by atoms with Gasteiger partial charge in [-0.2, -0.15) is 5.10 Å². The number of hydrogen-bond donors (Lipinski definition) is 2. The minimum atomic E-state index is -3.96. The van der Waals surface area contributed by atoms with Crippen molar-refractivity contribution >= 4 is 21.6 Å². The molecule has 3 rings (SSSR count). The van der Waals surface area contributed by atoms with Gasteiger partial charge in [0.15, 0.2) is 5.82 Å². The Morgan fingerprint density at radius 1 is 1.09 bits per heavy atom. The number of ether oxygens (including phenoxy) is 1. The van der Waals surface area contributed by atoms with Crippen LogP contribution in [0.15, 0.2) is 47.4 Å². The van der Waals surface area contributed by atoms with Crippen molar-refractivity contribution in [3.05, 3.63) is 65.2 Å². The molecule has 0 fully saturated rings. The van der Waals surface area contributed by atoms with Gasteiger partial charge in [-0.1, -0.05) is 0 Å². The average molecular weight is 475 g/mol. The minimum absolute atomic E-state index is 0.0770. The lowest BCUT2D eigenvalue weighted by atomic mass is 10.1. The normalized spacial score (nSPS) is 12.0. The lowest BCUT2D eigenvalue weighted by molar-refractivity contribution is 0.102. The van der Waals surface area contributed by atoms with Gasteiger partial charge in [-0.3, -0.25) is 4.79 Å². The SMILES string of the molecule is COc1ccc(C(=O)Nc2ccc(-n3nc(C)cc3C)c(F)c2)cc1S(=O)(=O)NC(C)(C)C. The molecule has 8 nitrogen and oxygen atoms in total. The maximum Gasteiger partial charge on any atom is 0.255 e. The Labute approximate surface area is 192 Å². The molecule has 176 valence electrons. The molecule has 10 heteroatoms. The number of methoxy groups -OCH3 is 1.